The number of piperidine rings is 1. The first-order valence-corrected chi connectivity index (χ1v) is 14.4. The van der Waals surface area contributed by atoms with Crippen molar-refractivity contribution in [3.63, 3.8) is 0 Å². The van der Waals surface area contributed by atoms with Gasteiger partial charge >= 0.3 is 6.03 Å². The Bertz CT molecular complexity index is 1200. The second kappa shape index (κ2) is 10.3. The number of likely N-dealkylation sites (tertiary alicyclic amines) is 1. The first-order chi connectivity index (χ1) is 18.4. The summed E-state index contributed by atoms with van der Waals surface area (Å²) in [5.74, 6) is 0.246. The predicted octanol–water partition coefficient (Wildman–Crippen LogP) is 2.41. The summed E-state index contributed by atoms with van der Waals surface area (Å²) in [5, 5.41) is 9.67. The molecule has 11 heteroatoms. The molecule has 0 bridgehead atoms. The Hall–Kier alpha value is -3.05. The molecule has 1 saturated carbocycles. The number of carbonyl (C=O) groups excluding carboxylic acids is 3. The van der Waals surface area contributed by atoms with Crippen molar-refractivity contribution in [3.8, 4) is 5.88 Å². The molecular weight excluding hydrogens is 504 g/mol. The molecule has 3 saturated heterocycles. The molecule has 4 fully saturated rings. The number of anilines is 1. The van der Waals surface area contributed by atoms with Crippen molar-refractivity contribution in [1.29, 1.82) is 0 Å². The lowest BCUT2D eigenvalue weighted by molar-refractivity contribution is -0.125. The zero-order chi connectivity index (χ0) is 26.4. The van der Waals surface area contributed by atoms with E-state index in [0.717, 1.165) is 37.1 Å². The molecule has 1 aliphatic carbocycles. The molecule has 5 aliphatic rings. The molecule has 10 nitrogen and oxygen atoms in total. The van der Waals surface area contributed by atoms with Crippen LogP contribution in [-0.2, 0) is 9.59 Å². The summed E-state index contributed by atoms with van der Waals surface area (Å²) >= 11 is 1.48. The predicted molar refractivity (Wildman–Crippen MR) is 144 cm³/mol. The zero-order valence-electron chi connectivity index (χ0n) is 21.6. The fourth-order valence-electron chi connectivity index (χ4n) is 6.38. The number of rotatable bonds is 6. The molecule has 202 valence electrons. The first kappa shape index (κ1) is 25.2. The average Bonchev–Trinajstić information content (AvgIpc) is 3.66. The molecular formula is C27H34N6O4S. The molecule has 5 heterocycles. The van der Waals surface area contributed by atoms with Gasteiger partial charge in [-0.2, -0.15) is 0 Å². The largest absolute Gasteiger partial charge is 0.474 e. The van der Waals surface area contributed by atoms with E-state index in [1.165, 1.54) is 30.7 Å². The maximum atomic E-state index is 13.5. The highest BCUT2D eigenvalue weighted by Crippen LogP contribution is 2.48. The topological polar surface area (TPSA) is 116 Å². The zero-order valence-corrected chi connectivity index (χ0v) is 22.4. The van der Waals surface area contributed by atoms with Crippen LogP contribution in [-0.4, -0.2) is 70.9 Å². The van der Waals surface area contributed by atoms with E-state index < -0.39 is 0 Å². The Morgan fingerprint density at radius 2 is 2.08 bits per heavy atom. The van der Waals surface area contributed by atoms with Crippen molar-refractivity contribution in [3.05, 3.63) is 41.1 Å². The van der Waals surface area contributed by atoms with Gasteiger partial charge in [-0.05, 0) is 63.6 Å². The summed E-state index contributed by atoms with van der Waals surface area (Å²) < 4.78 is 6.08. The van der Waals surface area contributed by atoms with Crippen LogP contribution < -0.4 is 25.6 Å². The fraction of sp³-hybridized carbons (Fsp3) is 0.556. The minimum absolute atomic E-state index is 0.00624. The van der Waals surface area contributed by atoms with Gasteiger partial charge in [-0.25, -0.2) is 9.78 Å². The average molecular weight is 539 g/mol. The summed E-state index contributed by atoms with van der Waals surface area (Å²) in [7, 11) is 0. The summed E-state index contributed by atoms with van der Waals surface area (Å²) in [4.78, 5) is 47.4. The number of nitrogens with zero attached hydrogens (tertiary/aromatic N) is 3. The van der Waals surface area contributed by atoms with E-state index in [1.54, 1.807) is 11.1 Å². The smallest absolute Gasteiger partial charge is 0.326 e. The molecule has 0 radical (unpaired) electrons. The highest BCUT2D eigenvalue weighted by Gasteiger charge is 2.52. The quantitative estimate of drug-likeness (QED) is 0.477. The number of aryl methyl sites for hydroxylation is 1. The number of aromatic nitrogens is 1. The third kappa shape index (κ3) is 4.55. The molecule has 4 aliphatic heterocycles. The van der Waals surface area contributed by atoms with E-state index in [0.29, 0.717) is 36.0 Å². The summed E-state index contributed by atoms with van der Waals surface area (Å²) in [5.41, 5.74) is 2.40. The lowest BCUT2D eigenvalue weighted by atomic mass is 9.86. The number of nitrogens with one attached hydrogen (secondary N) is 3. The van der Waals surface area contributed by atoms with Crippen LogP contribution in [0.4, 0.5) is 10.5 Å². The van der Waals surface area contributed by atoms with Crippen LogP contribution in [0.15, 0.2) is 35.5 Å². The first-order valence-electron chi connectivity index (χ1n) is 13.5. The van der Waals surface area contributed by atoms with E-state index in [1.807, 2.05) is 17.9 Å². The monoisotopic (exact) mass is 538 g/mol. The van der Waals surface area contributed by atoms with Crippen LogP contribution in [0.2, 0.25) is 0 Å². The van der Waals surface area contributed by atoms with Gasteiger partial charge in [0, 0.05) is 36.8 Å². The Kier molecular flexibility index (Phi) is 6.81. The number of urea groups is 1. The lowest BCUT2D eigenvalue weighted by Gasteiger charge is -2.46. The molecule has 6 rings (SSSR count). The molecule has 3 unspecified atom stereocenters. The van der Waals surface area contributed by atoms with Gasteiger partial charge in [0.2, 0.25) is 11.8 Å². The molecule has 0 aromatic carbocycles. The van der Waals surface area contributed by atoms with Crippen molar-refractivity contribution < 1.29 is 19.1 Å². The summed E-state index contributed by atoms with van der Waals surface area (Å²) in [6, 6.07) is 1.47. The standard InChI is InChI=1S/C27H34N6O4S/c1-3-21(34)32-11-9-16(14-32)30-25(35)24-23-22-18(8-10-28-26(22)38-24)33(27(36)31-23)19-13-29-20(12-15(19)2)37-17-6-4-5-7-17/h3,12-13,16-18,22,26,28H,1,4-11,14H2,2H3,(H,30,35)(H,31,36)/t16-,18?,22?,26?/m1/s1. The van der Waals surface area contributed by atoms with E-state index in [2.05, 4.69) is 27.5 Å². The van der Waals surface area contributed by atoms with Gasteiger partial charge in [0.25, 0.3) is 5.91 Å². The minimum atomic E-state index is -0.243. The molecule has 38 heavy (non-hydrogen) atoms. The Morgan fingerprint density at radius 1 is 1.26 bits per heavy atom. The molecule has 1 aromatic rings. The van der Waals surface area contributed by atoms with Gasteiger partial charge in [0.1, 0.15) is 6.10 Å². The number of thioether (sulfide) groups is 1. The third-order valence-electron chi connectivity index (χ3n) is 8.26. The number of pyridine rings is 1. The Labute approximate surface area is 226 Å². The summed E-state index contributed by atoms with van der Waals surface area (Å²) in [6.07, 6.45) is 9.23. The maximum Gasteiger partial charge on any atom is 0.326 e. The SMILES string of the molecule is C=CC(=O)N1CC[C@@H](NC(=O)C2=C3NC(=O)N(c4cnc(OC5CCCC5)cc4C)C4CCNC(S2)C34)C1. The van der Waals surface area contributed by atoms with Crippen LogP contribution in [0.1, 0.15) is 44.1 Å². The highest BCUT2D eigenvalue weighted by atomic mass is 32.2. The number of hydrogen-bond donors (Lipinski definition) is 3. The molecule has 4 amide bonds. The van der Waals surface area contributed by atoms with Gasteiger partial charge in [0.15, 0.2) is 0 Å². The minimum Gasteiger partial charge on any atom is -0.474 e. The Balaban J connectivity index is 1.21. The van der Waals surface area contributed by atoms with Crippen molar-refractivity contribution in [1.82, 2.24) is 25.8 Å². The van der Waals surface area contributed by atoms with E-state index in [-0.39, 0.29) is 47.3 Å². The molecule has 1 aromatic heterocycles. The molecule has 4 atom stereocenters. The lowest BCUT2D eigenvalue weighted by Crippen LogP contribution is -2.62. The second-order valence-corrected chi connectivity index (χ2v) is 11.8. The van der Waals surface area contributed by atoms with Crippen LogP contribution in [0.3, 0.4) is 0 Å². The number of ether oxygens (including phenoxy) is 1. The number of carbonyl (C=O) groups is 3. The van der Waals surface area contributed by atoms with Crippen LogP contribution >= 0.6 is 11.8 Å². The van der Waals surface area contributed by atoms with Gasteiger partial charge < -0.3 is 25.6 Å². The maximum absolute atomic E-state index is 13.5. The van der Waals surface area contributed by atoms with Crippen LogP contribution in [0, 0.1) is 12.8 Å². The van der Waals surface area contributed by atoms with E-state index >= 15 is 0 Å². The van der Waals surface area contributed by atoms with Gasteiger partial charge in [-0.15, -0.1) is 0 Å². The van der Waals surface area contributed by atoms with Gasteiger partial charge in [-0.1, -0.05) is 18.3 Å². The van der Waals surface area contributed by atoms with Crippen molar-refractivity contribution in [2.45, 2.75) is 69.0 Å². The van der Waals surface area contributed by atoms with Gasteiger partial charge in [-0.3, -0.25) is 14.5 Å². The van der Waals surface area contributed by atoms with Crippen LogP contribution in [0.25, 0.3) is 0 Å². The van der Waals surface area contributed by atoms with Gasteiger partial charge in [0.05, 0.1) is 28.2 Å². The van der Waals surface area contributed by atoms with E-state index in [4.69, 9.17) is 4.74 Å². The van der Waals surface area contributed by atoms with Crippen molar-refractivity contribution in [2.24, 2.45) is 5.92 Å². The summed E-state index contributed by atoms with van der Waals surface area (Å²) in [6.45, 7) is 7.34. The van der Waals surface area contributed by atoms with E-state index in [9.17, 15) is 14.4 Å². The Morgan fingerprint density at radius 3 is 2.84 bits per heavy atom. The fourth-order valence-corrected chi connectivity index (χ4v) is 7.78. The highest BCUT2D eigenvalue weighted by molar-refractivity contribution is 8.04. The molecule has 3 N–H and O–H groups in total. The molecule has 0 spiro atoms. The second-order valence-electron chi connectivity index (χ2n) is 10.7. The number of amides is 4. The number of hydrogen-bond acceptors (Lipinski definition) is 7. The van der Waals surface area contributed by atoms with Crippen LogP contribution in [0.5, 0.6) is 5.88 Å². The van der Waals surface area contributed by atoms with Crippen molar-refractivity contribution >= 4 is 35.3 Å². The normalized spacial score (nSPS) is 28.8. The third-order valence-corrected chi connectivity index (χ3v) is 9.62. The van der Waals surface area contributed by atoms with Crippen molar-refractivity contribution in [2.75, 3.05) is 24.5 Å².